The standard InChI is InChI=1S/C12H18ClNO3S2/c1-9-7-10(18-11(9)13)19(16,17)14(2)8-12(15)5-3-4-6-12/h7,15H,3-6,8H2,1-2H3. The highest BCUT2D eigenvalue weighted by atomic mass is 35.5. The van der Waals surface area contributed by atoms with Gasteiger partial charge >= 0.3 is 0 Å². The summed E-state index contributed by atoms with van der Waals surface area (Å²) in [6.45, 7) is 1.92. The normalized spacial score (nSPS) is 19.2. The van der Waals surface area contributed by atoms with Gasteiger partial charge in [0.1, 0.15) is 4.21 Å². The van der Waals surface area contributed by atoms with E-state index in [9.17, 15) is 13.5 Å². The van der Waals surface area contributed by atoms with E-state index in [0.717, 1.165) is 29.7 Å². The molecule has 1 heterocycles. The molecular weight excluding hydrogens is 306 g/mol. The summed E-state index contributed by atoms with van der Waals surface area (Å²) in [4.78, 5) is 0. The van der Waals surface area contributed by atoms with Gasteiger partial charge < -0.3 is 5.11 Å². The molecule has 0 amide bonds. The van der Waals surface area contributed by atoms with Gasteiger partial charge in [0.2, 0.25) is 0 Å². The number of sulfonamides is 1. The lowest BCUT2D eigenvalue weighted by atomic mass is 10.0. The fraction of sp³-hybridized carbons (Fsp3) is 0.667. The van der Waals surface area contributed by atoms with E-state index in [0.29, 0.717) is 17.2 Å². The van der Waals surface area contributed by atoms with Gasteiger partial charge in [-0.2, -0.15) is 4.31 Å². The van der Waals surface area contributed by atoms with E-state index in [1.54, 1.807) is 13.0 Å². The average molecular weight is 324 g/mol. The zero-order valence-electron chi connectivity index (χ0n) is 11.0. The van der Waals surface area contributed by atoms with E-state index in [-0.39, 0.29) is 10.8 Å². The van der Waals surface area contributed by atoms with E-state index in [1.165, 1.54) is 11.4 Å². The van der Waals surface area contributed by atoms with Gasteiger partial charge in [-0.3, -0.25) is 0 Å². The molecule has 1 aliphatic carbocycles. The lowest BCUT2D eigenvalue weighted by Gasteiger charge is -2.27. The number of halogens is 1. The molecule has 0 aromatic carbocycles. The summed E-state index contributed by atoms with van der Waals surface area (Å²) >= 11 is 6.98. The van der Waals surface area contributed by atoms with Crippen molar-refractivity contribution in [3.8, 4) is 0 Å². The molecule has 1 saturated carbocycles. The van der Waals surface area contributed by atoms with E-state index >= 15 is 0 Å². The molecule has 0 bridgehead atoms. The van der Waals surface area contributed by atoms with Crippen molar-refractivity contribution in [2.45, 2.75) is 42.4 Å². The van der Waals surface area contributed by atoms with Crippen LogP contribution in [0.3, 0.4) is 0 Å². The molecule has 1 N–H and O–H groups in total. The van der Waals surface area contributed by atoms with Gasteiger partial charge in [-0.25, -0.2) is 8.42 Å². The molecule has 1 aromatic rings. The SMILES string of the molecule is Cc1cc(S(=O)(=O)N(C)CC2(O)CCCC2)sc1Cl. The maximum Gasteiger partial charge on any atom is 0.252 e. The molecule has 19 heavy (non-hydrogen) atoms. The van der Waals surface area contributed by atoms with Crippen LogP contribution in [0.4, 0.5) is 0 Å². The second-order valence-electron chi connectivity index (χ2n) is 5.21. The van der Waals surface area contributed by atoms with Crippen LogP contribution in [0.1, 0.15) is 31.2 Å². The molecular formula is C12H18ClNO3S2. The first-order chi connectivity index (χ1) is 8.74. The maximum absolute atomic E-state index is 12.4. The second-order valence-corrected chi connectivity index (χ2v) is 9.14. The van der Waals surface area contributed by atoms with Gasteiger partial charge in [-0.05, 0) is 31.4 Å². The van der Waals surface area contributed by atoms with E-state index in [4.69, 9.17) is 11.6 Å². The van der Waals surface area contributed by atoms with Crippen LogP contribution in [-0.4, -0.2) is 37.0 Å². The third kappa shape index (κ3) is 3.13. The number of nitrogens with zero attached hydrogens (tertiary/aromatic N) is 1. The number of hydrogen-bond acceptors (Lipinski definition) is 4. The van der Waals surface area contributed by atoms with Gasteiger partial charge in [-0.1, -0.05) is 24.4 Å². The van der Waals surface area contributed by atoms with Crippen molar-refractivity contribution in [3.05, 3.63) is 16.0 Å². The van der Waals surface area contributed by atoms with Crippen LogP contribution < -0.4 is 0 Å². The van der Waals surface area contributed by atoms with Crippen LogP contribution in [0.5, 0.6) is 0 Å². The molecule has 0 aliphatic heterocycles. The monoisotopic (exact) mass is 323 g/mol. The molecule has 1 aliphatic rings. The van der Waals surface area contributed by atoms with E-state index < -0.39 is 15.6 Å². The lowest BCUT2D eigenvalue weighted by molar-refractivity contribution is 0.0334. The van der Waals surface area contributed by atoms with Crippen LogP contribution in [0.2, 0.25) is 4.34 Å². The third-order valence-electron chi connectivity index (χ3n) is 3.55. The Balaban J connectivity index is 2.19. The zero-order valence-corrected chi connectivity index (χ0v) is 13.4. The Labute approximate surface area is 123 Å². The third-order valence-corrected chi connectivity index (χ3v) is 7.36. The second kappa shape index (κ2) is 5.33. The van der Waals surface area contributed by atoms with Crippen molar-refractivity contribution in [1.29, 1.82) is 0 Å². The van der Waals surface area contributed by atoms with Crippen molar-refractivity contribution in [2.75, 3.05) is 13.6 Å². The van der Waals surface area contributed by atoms with Gasteiger partial charge in [0.25, 0.3) is 10.0 Å². The topological polar surface area (TPSA) is 57.6 Å². The molecule has 0 unspecified atom stereocenters. The van der Waals surface area contributed by atoms with Crippen LogP contribution in [0.15, 0.2) is 10.3 Å². The summed E-state index contributed by atoms with van der Waals surface area (Å²) < 4.78 is 26.8. The van der Waals surface area contributed by atoms with Crippen LogP contribution in [0.25, 0.3) is 0 Å². The largest absolute Gasteiger partial charge is 0.389 e. The van der Waals surface area contributed by atoms with E-state index in [1.807, 2.05) is 0 Å². The molecule has 0 saturated heterocycles. The molecule has 4 nitrogen and oxygen atoms in total. The smallest absolute Gasteiger partial charge is 0.252 e. The number of rotatable bonds is 4. The van der Waals surface area contributed by atoms with Gasteiger partial charge in [0.15, 0.2) is 0 Å². The molecule has 7 heteroatoms. The Morgan fingerprint density at radius 1 is 1.47 bits per heavy atom. The fourth-order valence-electron chi connectivity index (χ4n) is 2.40. The Kier molecular flexibility index (Phi) is 4.28. The Bertz CT molecular complexity index is 542. The molecule has 2 rings (SSSR count). The number of likely N-dealkylation sites (N-methyl/N-ethyl adjacent to an activating group) is 1. The first-order valence-electron chi connectivity index (χ1n) is 6.19. The Morgan fingerprint density at radius 2 is 2.05 bits per heavy atom. The minimum Gasteiger partial charge on any atom is -0.389 e. The number of aryl methyl sites for hydroxylation is 1. The summed E-state index contributed by atoms with van der Waals surface area (Å²) in [5.41, 5.74) is -0.115. The van der Waals surface area contributed by atoms with Crippen LogP contribution in [-0.2, 0) is 10.0 Å². The van der Waals surface area contributed by atoms with Gasteiger partial charge in [-0.15, -0.1) is 11.3 Å². The molecule has 0 spiro atoms. The molecule has 0 atom stereocenters. The predicted octanol–water partition coefficient (Wildman–Crippen LogP) is 2.64. The van der Waals surface area contributed by atoms with Crippen molar-refractivity contribution >= 4 is 33.0 Å². The molecule has 1 aromatic heterocycles. The van der Waals surface area contributed by atoms with Crippen molar-refractivity contribution < 1.29 is 13.5 Å². The zero-order chi connectivity index (χ0) is 14.3. The quantitative estimate of drug-likeness (QED) is 0.926. The van der Waals surface area contributed by atoms with Gasteiger partial charge in [0, 0.05) is 13.6 Å². The first-order valence-corrected chi connectivity index (χ1v) is 8.83. The predicted molar refractivity (Wildman–Crippen MR) is 77.3 cm³/mol. The van der Waals surface area contributed by atoms with Crippen molar-refractivity contribution in [2.24, 2.45) is 0 Å². The number of hydrogen-bond donors (Lipinski definition) is 1. The van der Waals surface area contributed by atoms with Crippen LogP contribution in [0, 0.1) is 6.92 Å². The minimum atomic E-state index is -3.56. The maximum atomic E-state index is 12.4. The highest BCUT2D eigenvalue weighted by Crippen LogP contribution is 2.34. The summed E-state index contributed by atoms with van der Waals surface area (Å²) in [5, 5.41) is 10.3. The number of thiophene rings is 1. The summed E-state index contributed by atoms with van der Waals surface area (Å²) in [6, 6.07) is 1.58. The molecule has 1 fully saturated rings. The Morgan fingerprint density at radius 3 is 2.53 bits per heavy atom. The highest BCUT2D eigenvalue weighted by molar-refractivity contribution is 7.91. The number of aliphatic hydroxyl groups is 1. The average Bonchev–Trinajstić information content (AvgIpc) is 2.87. The summed E-state index contributed by atoms with van der Waals surface area (Å²) in [6.07, 6.45) is 3.23. The van der Waals surface area contributed by atoms with Crippen molar-refractivity contribution in [1.82, 2.24) is 4.31 Å². The summed E-state index contributed by atoms with van der Waals surface area (Å²) in [7, 11) is -2.05. The minimum absolute atomic E-state index is 0.143. The van der Waals surface area contributed by atoms with Crippen molar-refractivity contribution in [3.63, 3.8) is 0 Å². The lowest BCUT2D eigenvalue weighted by Crippen LogP contribution is -2.41. The molecule has 0 radical (unpaired) electrons. The van der Waals surface area contributed by atoms with Gasteiger partial charge in [0.05, 0.1) is 9.94 Å². The van der Waals surface area contributed by atoms with E-state index in [2.05, 4.69) is 0 Å². The highest BCUT2D eigenvalue weighted by Gasteiger charge is 2.36. The Hall–Kier alpha value is -0.140. The fourth-order valence-corrected chi connectivity index (χ4v) is 5.57. The first kappa shape index (κ1) is 15.3. The molecule has 108 valence electrons. The van der Waals surface area contributed by atoms with Crippen LogP contribution >= 0.6 is 22.9 Å². The summed E-state index contributed by atoms with van der Waals surface area (Å²) in [5.74, 6) is 0.